The molecule has 1 aliphatic rings. The molecule has 1 saturated carbocycles. The van der Waals surface area contributed by atoms with E-state index < -0.39 is 0 Å². The Morgan fingerprint density at radius 3 is 2.69 bits per heavy atom. The van der Waals surface area contributed by atoms with Crippen LogP contribution in [-0.2, 0) is 0 Å². The lowest BCUT2D eigenvalue weighted by atomic mass is 9.80. The normalized spacial score (nSPS) is 25.4. The van der Waals surface area contributed by atoms with Gasteiger partial charge in [0.15, 0.2) is 0 Å². The summed E-state index contributed by atoms with van der Waals surface area (Å²) in [6.45, 7) is 2.29. The van der Waals surface area contributed by atoms with Crippen LogP contribution in [0.25, 0.3) is 0 Å². The Hall–Kier alpha value is -1.12. The van der Waals surface area contributed by atoms with Crippen molar-refractivity contribution in [3.63, 3.8) is 0 Å². The van der Waals surface area contributed by atoms with Gasteiger partial charge in [-0.1, -0.05) is 13.3 Å². The van der Waals surface area contributed by atoms with Crippen molar-refractivity contribution in [2.75, 3.05) is 12.4 Å². The fourth-order valence-corrected chi connectivity index (χ4v) is 2.54. The Balaban J connectivity index is 2.02. The lowest BCUT2D eigenvalue weighted by Crippen LogP contribution is -2.15. The number of anilines is 1. The lowest BCUT2D eigenvalue weighted by molar-refractivity contribution is 0.312. The summed E-state index contributed by atoms with van der Waals surface area (Å²) in [6, 6.07) is 1.92. The third-order valence-electron chi connectivity index (χ3n) is 3.72. The molecule has 1 aromatic rings. The van der Waals surface area contributed by atoms with Crippen LogP contribution in [0.4, 0.5) is 5.82 Å². The molecule has 0 bridgehead atoms. The first-order chi connectivity index (χ1) is 7.83. The predicted octanol–water partition coefficient (Wildman–Crippen LogP) is 3.20. The average Bonchev–Trinajstić information content (AvgIpc) is 2.39. The molecule has 3 nitrogen and oxygen atoms in total. The van der Waals surface area contributed by atoms with Gasteiger partial charge < -0.3 is 5.32 Å². The molecule has 16 heavy (non-hydrogen) atoms. The largest absolute Gasteiger partial charge is 0.373 e. The molecular formula is C13H21N3. The van der Waals surface area contributed by atoms with E-state index in [2.05, 4.69) is 22.2 Å². The van der Waals surface area contributed by atoms with Gasteiger partial charge in [-0.25, -0.2) is 9.97 Å². The Bertz CT molecular complexity index is 330. The molecule has 1 fully saturated rings. The van der Waals surface area contributed by atoms with E-state index in [1.807, 2.05) is 19.3 Å². The highest BCUT2D eigenvalue weighted by Gasteiger charge is 2.23. The first-order valence-electron chi connectivity index (χ1n) is 6.34. The minimum atomic E-state index is 0.580. The van der Waals surface area contributed by atoms with Gasteiger partial charge >= 0.3 is 0 Å². The first kappa shape index (κ1) is 11.4. The highest BCUT2D eigenvalue weighted by atomic mass is 15.0. The zero-order valence-corrected chi connectivity index (χ0v) is 10.2. The fourth-order valence-electron chi connectivity index (χ4n) is 2.54. The maximum Gasteiger partial charge on any atom is 0.133 e. The van der Waals surface area contributed by atoms with Gasteiger partial charge in [-0.15, -0.1) is 0 Å². The third kappa shape index (κ3) is 2.52. The number of rotatable bonds is 3. The minimum Gasteiger partial charge on any atom is -0.373 e. The third-order valence-corrected chi connectivity index (χ3v) is 3.72. The van der Waals surface area contributed by atoms with Gasteiger partial charge in [0.05, 0.1) is 0 Å². The van der Waals surface area contributed by atoms with Crippen molar-refractivity contribution in [1.29, 1.82) is 0 Å². The standard InChI is InChI=1S/C13H21N3/c1-3-10-4-6-11(7-5-10)13-15-9-8-12(14-2)16-13/h8-11H,3-7H2,1-2H3,(H,14,15,16). The molecule has 3 heteroatoms. The zero-order valence-electron chi connectivity index (χ0n) is 10.2. The van der Waals surface area contributed by atoms with Crippen LogP contribution >= 0.6 is 0 Å². The number of aromatic nitrogens is 2. The molecule has 88 valence electrons. The molecule has 0 spiro atoms. The second-order valence-electron chi connectivity index (χ2n) is 4.68. The minimum absolute atomic E-state index is 0.580. The van der Waals surface area contributed by atoms with Crippen LogP contribution in [0.5, 0.6) is 0 Å². The second-order valence-corrected chi connectivity index (χ2v) is 4.68. The summed E-state index contributed by atoms with van der Waals surface area (Å²) >= 11 is 0. The van der Waals surface area contributed by atoms with Gasteiger partial charge in [0.25, 0.3) is 0 Å². The molecular weight excluding hydrogens is 198 g/mol. The molecule has 2 rings (SSSR count). The lowest BCUT2D eigenvalue weighted by Gasteiger charge is -2.26. The molecule has 0 radical (unpaired) electrons. The maximum absolute atomic E-state index is 4.54. The number of hydrogen-bond acceptors (Lipinski definition) is 3. The van der Waals surface area contributed by atoms with Crippen LogP contribution in [-0.4, -0.2) is 17.0 Å². The van der Waals surface area contributed by atoms with E-state index in [0.717, 1.165) is 17.6 Å². The van der Waals surface area contributed by atoms with Gasteiger partial charge in [-0.3, -0.25) is 0 Å². The van der Waals surface area contributed by atoms with Crippen LogP contribution in [0.15, 0.2) is 12.3 Å². The van der Waals surface area contributed by atoms with Gasteiger partial charge in [-0.2, -0.15) is 0 Å². The van der Waals surface area contributed by atoms with Crippen molar-refractivity contribution in [3.05, 3.63) is 18.1 Å². The Kier molecular flexibility index (Phi) is 3.75. The number of nitrogens with zero attached hydrogens (tertiary/aromatic N) is 2. The fraction of sp³-hybridized carbons (Fsp3) is 0.692. The molecule has 1 heterocycles. The van der Waals surface area contributed by atoms with Crippen molar-refractivity contribution in [3.8, 4) is 0 Å². The van der Waals surface area contributed by atoms with Gasteiger partial charge in [0, 0.05) is 19.2 Å². The smallest absolute Gasteiger partial charge is 0.133 e. The average molecular weight is 219 g/mol. The molecule has 0 aromatic carbocycles. The van der Waals surface area contributed by atoms with E-state index in [-0.39, 0.29) is 0 Å². The van der Waals surface area contributed by atoms with E-state index in [4.69, 9.17) is 0 Å². The summed E-state index contributed by atoms with van der Waals surface area (Å²) in [6.07, 6.45) is 8.38. The summed E-state index contributed by atoms with van der Waals surface area (Å²) < 4.78 is 0. The summed E-state index contributed by atoms with van der Waals surface area (Å²) in [5.74, 6) is 3.48. The number of nitrogens with one attached hydrogen (secondary N) is 1. The Morgan fingerprint density at radius 2 is 2.06 bits per heavy atom. The molecule has 0 amide bonds. The second kappa shape index (κ2) is 5.28. The Morgan fingerprint density at radius 1 is 1.31 bits per heavy atom. The van der Waals surface area contributed by atoms with Crippen molar-refractivity contribution in [1.82, 2.24) is 9.97 Å². The van der Waals surface area contributed by atoms with Gasteiger partial charge in [-0.05, 0) is 37.7 Å². The molecule has 0 unspecified atom stereocenters. The predicted molar refractivity (Wildman–Crippen MR) is 66.6 cm³/mol. The summed E-state index contributed by atoms with van der Waals surface area (Å²) in [5, 5.41) is 3.08. The van der Waals surface area contributed by atoms with E-state index in [9.17, 15) is 0 Å². The van der Waals surface area contributed by atoms with Crippen LogP contribution in [0.1, 0.15) is 50.8 Å². The van der Waals surface area contributed by atoms with Crippen molar-refractivity contribution in [2.24, 2.45) is 5.92 Å². The summed E-state index contributed by atoms with van der Waals surface area (Å²) in [4.78, 5) is 8.95. The molecule has 0 atom stereocenters. The Labute approximate surface area is 97.7 Å². The van der Waals surface area contributed by atoms with Crippen molar-refractivity contribution < 1.29 is 0 Å². The molecule has 1 aliphatic carbocycles. The molecule has 1 aromatic heterocycles. The van der Waals surface area contributed by atoms with Crippen LogP contribution in [0.2, 0.25) is 0 Å². The van der Waals surface area contributed by atoms with E-state index in [1.54, 1.807) is 0 Å². The van der Waals surface area contributed by atoms with Crippen LogP contribution in [0, 0.1) is 5.92 Å². The van der Waals surface area contributed by atoms with E-state index >= 15 is 0 Å². The quantitative estimate of drug-likeness (QED) is 0.848. The molecule has 0 saturated heterocycles. The monoisotopic (exact) mass is 219 g/mol. The number of hydrogen-bond donors (Lipinski definition) is 1. The van der Waals surface area contributed by atoms with Crippen LogP contribution in [0.3, 0.4) is 0 Å². The summed E-state index contributed by atoms with van der Waals surface area (Å²) in [5.41, 5.74) is 0. The SMILES string of the molecule is CCC1CCC(c2nccc(NC)n2)CC1. The van der Waals surface area contributed by atoms with E-state index in [0.29, 0.717) is 5.92 Å². The van der Waals surface area contributed by atoms with Crippen LogP contribution < -0.4 is 5.32 Å². The topological polar surface area (TPSA) is 37.8 Å². The first-order valence-corrected chi connectivity index (χ1v) is 6.34. The van der Waals surface area contributed by atoms with Crippen molar-refractivity contribution in [2.45, 2.75) is 44.9 Å². The molecule has 1 N–H and O–H groups in total. The highest BCUT2D eigenvalue weighted by molar-refractivity contribution is 5.32. The zero-order chi connectivity index (χ0) is 11.4. The molecule has 0 aliphatic heterocycles. The summed E-state index contributed by atoms with van der Waals surface area (Å²) in [7, 11) is 1.90. The maximum atomic E-state index is 4.54. The van der Waals surface area contributed by atoms with Gasteiger partial charge in [0.1, 0.15) is 11.6 Å². The highest BCUT2D eigenvalue weighted by Crippen LogP contribution is 2.35. The van der Waals surface area contributed by atoms with E-state index in [1.165, 1.54) is 32.1 Å². The van der Waals surface area contributed by atoms with Crippen molar-refractivity contribution >= 4 is 5.82 Å². The van der Waals surface area contributed by atoms with Gasteiger partial charge in [0.2, 0.25) is 0 Å².